The number of ether oxygens (including phenoxy) is 1. The number of anilines is 1. The maximum atomic E-state index is 11.7. The van der Waals surface area contributed by atoms with Gasteiger partial charge in [0.2, 0.25) is 0 Å². The molecule has 0 heterocycles. The number of nitrogens with one attached hydrogen (secondary N) is 2. The minimum absolute atomic E-state index is 0.0729. The highest BCUT2D eigenvalue weighted by molar-refractivity contribution is 5.93. The molecule has 0 radical (unpaired) electrons. The van der Waals surface area contributed by atoms with Crippen molar-refractivity contribution in [2.45, 2.75) is 6.92 Å². The summed E-state index contributed by atoms with van der Waals surface area (Å²) in [6.45, 7) is 1.76. The third kappa shape index (κ3) is 4.94. The average Bonchev–Trinajstić information content (AvgIpc) is 2.53. The number of hydrogen-bond donors (Lipinski definition) is 2. The number of rotatable bonds is 6. The zero-order chi connectivity index (χ0) is 15.8. The molecule has 0 aliphatic heterocycles. The number of urea groups is 1. The van der Waals surface area contributed by atoms with E-state index in [0.717, 1.165) is 5.56 Å². The minimum atomic E-state index is -0.421. The summed E-state index contributed by atoms with van der Waals surface area (Å²) in [5, 5.41) is 5.14. The third-order valence-electron chi connectivity index (χ3n) is 2.96. The average molecular weight is 298 g/mol. The van der Waals surface area contributed by atoms with Crippen LogP contribution in [0, 0.1) is 6.92 Å². The summed E-state index contributed by atoms with van der Waals surface area (Å²) >= 11 is 0. The number of carbonyl (C=O) groups is 2. The highest BCUT2D eigenvalue weighted by Crippen LogP contribution is 2.15. The Morgan fingerprint density at radius 1 is 1.00 bits per heavy atom. The van der Waals surface area contributed by atoms with Gasteiger partial charge in [-0.2, -0.15) is 0 Å². The van der Waals surface area contributed by atoms with Crippen molar-refractivity contribution in [3.8, 4) is 5.75 Å². The van der Waals surface area contributed by atoms with Crippen molar-refractivity contribution in [3.05, 3.63) is 60.2 Å². The van der Waals surface area contributed by atoms with Crippen molar-refractivity contribution in [1.29, 1.82) is 0 Å². The van der Waals surface area contributed by atoms with Crippen LogP contribution in [0.15, 0.2) is 54.6 Å². The van der Waals surface area contributed by atoms with Crippen LogP contribution in [0.2, 0.25) is 0 Å². The summed E-state index contributed by atoms with van der Waals surface area (Å²) in [6.07, 6.45) is 0. The van der Waals surface area contributed by atoms with Crippen LogP contribution >= 0.6 is 0 Å². The number of amides is 2. The molecule has 2 aromatic carbocycles. The maximum absolute atomic E-state index is 11.7. The van der Waals surface area contributed by atoms with Crippen molar-refractivity contribution in [1.82, 2.24) is 5.32 Å². The number of aryl methyl sites for hydroxylation is 1. The Balaban J connectivity index is 1.71. The molecule has 0 fully saturated rings. The molecule has 22 heavy (non-hydrogen) atoms. The molecule has 0 aliphatic rings. The Hall–Kier alpha value is -2.82. The molecule has 2 amide bonds. The first-order valence-corrected chi connectivity index (χ1v) is 6.95. The van der Waals surface area contributed by atoms with Gasteiger partial charge in [-0.3, -0.25) is 4.79 Å². The van der Waals surface area contributed by atoms with E-state index in [1.807, 2.05) is 43.3 Å². The second-order valence-corrected chi connectivity index (χ2v) is 4.77. The SMILES string of the molecule is Cc1ccccc1OCC(=O)CNC(=O)Nc1ccccc1. The predicted molar refractivity (Wildman–Crippen MR) is 85.1 cm³/mol. The maximum Gasteiger partial charge on any atom is 0.319 e. The van der Waals surface area contributed by atoms with Gasteiger partial charge in [-0.15, -0.1) is 0 Å². The molecule has 0 spiro atoms. The normalized spacial score (nSPS) is 9.86. The Labute approximate surface area is 129 Å². The Kier molecular flexibility index (Phi) is 5.54. The summed E-state index contributed by atoms with van der Waals surface area (Å²) in [4.78, 5) is 23.3. The quantitative estimate of drug-likeness (QED) is 0.861. The van der Waals surface area contributed by atoms with E-state index in [9.17, 15) is 9.59 Å². The van der Waals surface area contributed by atoms with E-state index in [2.05, 4.69) is 10.6 Å². The lowest BCUT2D eigenvalue weighted by Gasteiger charge is -2.09. The highest BCUT2D eigenvalue weighted by atomic mass is 16.5. The second-order valence-electron chi connectivity index (χ2n) is 4.77. The molecule has 0 unspecified atom stereocenters. The summed E-state index contributed by atoms with van der Waals surface area (Å²) in [5.74, 6) is 0.469. The van der Waals surface area contributed by atoms with Crippen LogP contribution in [-0.4, -0.2) is 25.0 Å². The summed E-state index contributed by atoms with van der Waals surface area (Å²) in [7, 11) is 0. The zero-order valence-corrected chi connectivity index (χ0v) is 12.3. The van der Waals surface area contributed by atoms with Crippen molar-refractivity contribution < 1.29 is 14.3 Å². The molecule has 0 bridgehead atoms. The number of ketones is 1. The number of hydrogen-bond acceptors (Lipinski definition) is 3. The molecule has 0 atom stereocenters. The van der Waals surface area contributed by atoms with Crippen molar-refractivity contribution in [2.75, 3.05) is 18.5 Å². The Bertz CT molecular complexity index is 641. The summed E-state index contributed by atoms with van der Waals surface area (Å²) in [5.41, 5.74) is 1.63. The van der Waals surface area contributed by atoms with E-state index < -0.39 is 6.03 Å². The lowest BCUT2D eigenvalue weighted by atomic mass is 10.2. The van der Waals surface area contributed by atoms with Gasteiger partial charge < -0.3 is 15.4 Å². The molecule has 2 N–H and O–H groups in total. The standard InChI is InChI=1S/C17H18N2O3/c1-13-7-5-6-10-16(13)22-12-15(20)11-18-17(21)19-14-8-3-2-4-9-14/h2-10H,11-12H2,1H3,(H2,18,19,21). The molecule has 5 heteroatoms. The largest absolute Gasteiger partial charge is 0.485 e. The van der Waals surface area contributed by atoms with Crippen LogP contribution in [-0.2, 0) is 4.79 Å². The number of carbonyl (C=O) groups excluding carboxylic acids is 2. The van der Waals surface area contributed by atoms with Crippen molar-refractivity contribution >= 4 is 17.5 Å². The Morgan fingerprint density at radius 3 is 2.41 bits per heavy atom. The first-order chi connectivity index (χ1) is 10.6. The number of benzene rings is 2. The molecule has 2 rings (SSSR count). The first kappa shape index (κ1) is 15.6. The van der Waals surface area contributed by atoms with Crippen molar-refractivity contribution in [3.63, 3.8) is 0 Å². The van der Waals surface area contributed by atoms with Crippen molar-refractivity contribution in [2.24, 2.45) is 0 Å². The van der Waals surface area contributed by atoms with Crippen LogP contribution < -0.4 is 15.4 Å². The predicted octanol–water partition coefficient (Wildman–Crippen LogP) is 2.76. The van der Waals surface area contributed by atoms with E-state index in [1.54, 1.807) is 18.2 Å². The van der Waals surface area contributed by atoms with Crippen LogP contribution in [0.5, 0.6) is 5.75 Å². The topological polar surface area (TPSA) is 67.4 Å². The summed E-state index contributed by atoms with van der Waals surface area (Å²) < 4.78 is 5.43. The third-order valence-corrected chi connectivity index (χ3v) is 2.96. The van der Waals surface area contributed by atoms with E-state index in [1.165, 1.54) is 0 Å². The van der Waals surface area contributed by atoms with Gasteiger partial charge in [0.25, 0.3) is 0 Å². The molecule has 5 nitrogen and oxygen atoms in total. The molecule has 0 saturated heterocycles. The van der Waals surface area contributed by atoms with Gasteiger partial charge in [0, 0.05) is 5.69 Å². The van der Waals surface area contributed by atoms with E-state index >= 15 is 0 Å². The van der Waals surface area contributed by atoms with Crippen LogP contribution in [0.1, 0.15) is 5.56 Å². The molecule has 0 aromatic heterocycles. The monoisotopic (exact) mass is 298 g/mol. The molecule has 0 saturated carbocycles. The zero-order valence-electron chi connectivity index (χ0n) is 12.3. The highest BCUT2D eigenvalue weighted by Gasteiger charge is 2.07. The van der Waals surface area contributed by atoms with Crippen LogP contribution in [0.25, 0.3) is 0 Å². The van der Waals surface area contributed by atoms with Gasteiger partial charge in [0.1, 0.15) is 12.4 Å². The van der Waals surface area contributed by atoms with Gasteiger partial charge >= 0.3 is 6.03 Å². The van der Waals surface area contributed by atoms with Crippen LogP contribution in [0.4, 0.5) is 10.5 Å². The van der Waals surface area contributed by atoms with Gasteiger partial charge in [0.05, 0.1) is 6.54 Å². The lowest BCUT2D eigenvalue weighted by molar-refractivity contribution is -0.120. The van der Waals surface area contributed by atoms with E-state index in [0.29, 0.717) is 11.4 Å². The molecular formula is C17H18N2O3. The minimum Gasteiger partial charge on any atom is -0.485 e. The van der Waals surface area contributed by atoms with Gasteiger partial charge in [-0.25, -0.2) is 4.79 Å². The van der Waals surface area contributed by atoms with E-state index in [4.69, 9.17) is 4.74 Å². The Morgan fingerprint density at radius 2 is 1.68 bits per heavy atom. The van der Waals surface area contributed by atoms with Gasteiger partial charge in [-0.1, -0.05) is 36.4 Å². The lowest BCUT2D eigenvalue weighted by Crippen LogP contribution is -2.35. The fourth-order valence-electron chi connectivity index (χ4n) is 1.80. The molecule has 0 aliphatic carbocycles. The van der Waals surface area contributed by atoms with Gasteiger partial charge in [0.15, 0.2) is 5.78 Å². The smallest absolute Gasteiger partial charge is 0.319 e. The fourth-order valence-corrected chi connectivity index (χ4v) is 1.80. The van der Waals surface area contributed by atoms with Crippen LogP contribution in [0.3, 0.4) is 0 Å². The molecular weight excluding hydrogens is 280 g/mol. The molecule has 114 valence electrons. The summed E-state index contributed by atoms with van der Waals surface area (Å²) in [6, 6.07) is 16.1. The van der Waals surface area contributed by atoms with Gasteiger partial charge in [-0.05, 0) is 30.7 Å². The first-order valence-electron chi connectivity index (χ1n) is 6.95. The second kappa shape index (κ2) is 7.83. The van der Waals surface area contributed by atoms with E-state index in [-0.39, 0.29) is 18.9 Å². The molecule has 2 aromatic rings. The fraction of sp³-hybridized carbons (Fsp3) is 0.176. The number of para-hydroxylation sites is 2. The number of Topliss-reactive ketones (excluding diaryl/α,β-unsaturated/α-hetero) is 1.